The van der Waals surface area contributed by atoms with Crippen molar-refractivity contribution in [2.75, 3.05) is 20.8 Å². The van der Waals surface area contributed by atoms with Crippen molar-refractivity contribution in [3.05, 3.63) is 74.8 Å². The summed E-state index contributed by atoms with van der Waals surface area (Å²) in [5.41, 5.74) is 2.44. The molecule has 0 amide bonds. The lowest BCUT2D eigenvalue weighted by molar-refractivity contribution is 0.395. The van der Waals surface area contributed by atoms with Crippen molar-refractivity contribution in [3.8, 4) is 22.8 Å². The monoisotopic (exact) mass is 447 g/mol. The Labute approximate surface area is 183 Å². The van der Waals surface area contributed by atoms with Crippen LogP contribution in [-0.2, 0) is 0 Å². The zero-order valence-corrected chi connectivity index (χ0v) is 18.3. The highest BCUT2D eigenvalue weighted by Crippen LogP contribution is 2.33. The van der Waals surface area contributed by atoms with Crippen molar-refractivity contribution in [2.45, 2.75) is 0 Å². The summed E-state index contributed by atoms with van der Waals surface area (Å²) in [6.45, 7) is 4.21. The van der Waals surface area contributed by atoms with Crippen molar-refractivity contribution in [1.29, 1.82) is 0 Å². The third-order valence-corrected chi connectivity index (χ3v) is 5.42. The molecule has 0 saturated heterocycles. The van der Waals surface area contributed by atoms with E-state index in [2.05, 4.69) is 16.7 Å². The molecule has 0 unspecified atom stereocenters. The average Bonchev–Trinajstić information content (AvgIpc) is 3.13. The SMILES string of the molecule is C=CCN=c1scc(-c2ccc(OC)cc2OC)n1N=Cc1ccc(Cl)cc1Cl. The van der Waals surface area contributed by atoms with E-state index in [1.807, 2.05) is 29.6 Å². The molecule has 1 aromatic heterocycles. The summed E-state index contributed by atoms with van der Waals surface area (Å²) < 4.78 is 12.6. The zero-order valence-electron chi connectivity index (χ0n) is 15.9. The molecule has 1 heterocycles. The van der Waals surface area contributed by atoms with Crippen LogP contribution < -0.4 is 14.3 Å². The van der Waals surface area contributed by atoms with Gasteiger partial charge in [-0.3, -0.25) is 4.99 Å². The lowest BCUT2D eigenvalue weighted by Crippen LogP contribution is -2.12. The van der Waals surface area contributed by atoms with Crippen LogP contribution in [0.1, 0.15) is 5.56 Å². The molecule has 29 heavy (non-hydrogen) atoms. The Morgan fingerprint density at radius 1 is 1.14 bits per heavy atom. The lowest BCUT2D eigenvalue weighted by atomic mass is 10.1. The number of ether oxygens (including phenoxy) is 2. The van der Waals surface area contributed by atoms with E-state index in [0.717, 1.165) is 21.6 Å². The molecule has 3 rings (SSSR count). The fraction of sp³-hybridized carbons (Fsp3) is 0.143. The first-order valence-electron chi connectivity index (χ1n) is 8.61. The number of benzene rings is 2. The molecule has 3 aromatic rings. The zero-order chi connectivity index (χ0) is 20.8. The molecule has 0 atom stereocenters. The molecule has 0 radical (unpaired) electrons. The molecule has 150 valence electrons. The highest BCUT2D eigenvalue weighted by molar-refractivity contribution is 7.07. The standard InChI is InChI=1S/C21H19Cl2N3O2S/c1-4-9-24-21-26(25-12-14-5-6-15(22)10-18(14)23)19(13-29-21)17-8-7-16(27-2)11-20(17)28-3/h4-8,10-13H,1,9H2,2-3H3. The van der Waals surface area contributed by atoms with E-state index in [4.69, 9.17) is 32.7 Å². The topological polar surface area (TPSA) is 48.1 Å². The van der Waals surface area contributed by atoms with Gasteiger partial charge in [0.25, 0.3) is 0 Å². The maximum Gasteiger partial charge on any atom is 0.206 e. The highest BCUT2D eigenvalue weighted by Gasteiger charge is 2.13. The number of hydrogen-bond donors (Lipinski definition) is 0. The number of nitrogens with zero attached hydrogens (tertiary/aromatic N) is 3. The Morgan fingerprint density at radius 2 is 1.97 bits per heavy atom. The molecule has 0 N–H and O–H groups in total. The van der Waals surface area contributed by atoms with E-state index in [-0.39, 0.29) is 0 Å². The fourth-order valence-corrected chi connectivity index (χ4v) is 3.88. The Bertz CT molecular complexity index is 1120. The largest absolute Gasteiger partial charge is 0.497 e. The number of hydrogen-bond acceptors (Lipinski definition) is 5. The van der Waals surface area contributed by atoms with Crippen molar-refractivity contribution in [2.24, 2.45) is 10.1 Å². The summed E-state index contributed by atoms with van der Waals surface area (Å²) in [6.07, 6.45) is 3.41. The molecule has 5 nitrogen and oxygen atoms in total. The van der Waals surface area contributed by atoms with E-state index in [0.29, 0.717) is 28.1 Å². The van der Waals surface area contributed by atoms with Gasteiger partial charge in [0.2, 0.25) is 4.80 Å². The van der Waals surface area contributed by atoms with Gasteiger partial charge in [-0.2, -0.15) is 5.10 Å². The highest BCUT2D eigenvalue weighted by atomic mass is 35.5. The van der Waals surface area contributed by atoms with E-state index in [1.54, 1.807) is 43.3 Å². The van der Waals surface area contributed by atoms with Crippen LogP contribution >= 0.6 is 34.5 Å². The van der Waals surface area contributed by atoms with Gasteiger partial charge in [-0.25, -0.2) is 4.68 Å². The second-order valence-corrected chi connectivity index (χ2v) is 7.50. The van der Waals surface area contributed by atoms with Crippen LogP contribution in [0.2, 0.25) is 10.0 Å². The Hall–Kier alpha value is -2.54. The molecule has 0 bridgehead atoms. The van der Waals surface area contributed by atoms with E-state index >= 15 is 0 Å². The number of halogens is 2. The number of aromatic nitrogens is 1. The average molecular weight is 448 g/mol. The maximum atomic E-state index is 6.28. The van der Waals surface area contributed by atoms with Crippen LogP contribution in [0.15, 0.2) is 64.5 Å². The Morgan fingerprint density at radius 3 is 2.66 bits per heavy atom. The predicted molar refractivity (Wildman–Crippen MR) is 121 cm³/mol. The Kier molecular flexibility index (Phi) is 7.14. The summed E-state index contributed by atoms with van der Waals surface area (Å²) in [4.78, 5) is 5.26. The lowest BCUT2D eigenvalue weighted by Gasteiger charge is -2.11. The molecular weight excluding hydrogens is 429 g/mol. The third-order valence-electron chi connectivity index (χ3n) is 4.00. The molecule has 0 aliphatic rings. The summed E-state index contributed by atoms with van der Waals surface area (Å²) in [5.74, 6) is 1.38. The third kappa shape index (κ3) is 4.90. The Balaban J connectivity index is 2.14. The van der Waals surface area contributed by atoms with Gasteiger partial charge in [-0.05, 0) is 24.3 Å². The molecule has 0 spiro atoms. The quantitative estimate of drug-likeness (QED) is 0.354. The minimum Gasteiger partial charge on any atom is -0.497 e. The van der Waals surface area contributed by atoms with Gasteiger partial charge in [0.1, 0.15) is 11.5 Å². The van der Waals surface area contributed by atoms with Gasteiger partial charge in [-0.1, -0.05) is 35.3 Å². The van der Waals surface area contributed by atoms with Crippen molar-refractivity contribution in [1.82, 2.24) is 4.68 Å². The van der Waals surface area contributed by atoms with Crippen molar-refractivity contribution in [3.63, 3.8) is 0 Å². The molecule has 0 aliphatic carbocycles. The maximum absolute atomic E-state index is 6.28. The van der Waals surface area contributed by atoms with Gasteiger partial charge in [-0.15, -0.1) is 17.9 Å². The molecule has 0 fully saturated rings. The van der Waals surface area contributed by atoms with Crippen LogP contribution in [0.5, 0.6) is 11.5 Å². The van der Waals surface area contributed by atoms with Gasteiger partial charge in [0.15, 0.2) is 0 Å². The van der Waals surface area contributed by atoms with Gasteiger partial charge < -0.3 is 9.47 Å². The molecule has 2 aromatic carbocycles. The number of rotatable bonds is 7. The normalized spacial score (nSPS) is 11.8. The fourth-order valence-electron chi connectivity index (χ4n) is 2.58. The first-order chi connectivity index (χ1) is 14.1. The van der Waals surface area contributed by atoms with Crippen LogP contribution in [0.4, 0.5) is 0 Å². The van der Waals surface area contributed by atoms with Crippen molar-refractivity contribution < 1.29 is 9.47 Å². The second-order valence-electron chi connectivity index (χ2n) is 5.82. The predicted octanol–water partition coefficient (Wildman–Crippen LogP) is 5.51. The van der Waals surface area contributed by atoms with Gasteiger partial charge >= 0.3 is 0 Å². The van der Waals surface area contributed by atoms with Crippen LogP contribution in [0.3, 0.4) is 0 Å². The van der Waals surface area contributed by atoms with E-state index in [1.165, 1.54) is 11.3 Å². The molecule has 0 saturated carbocycles. The minimum absolute atomic E-state index is 0.483. The van der Waals surface area contributed by atoms with Crippen LogP contribution in [0.25, 0.3) is 11.3 Å². The second kappa shape index (κ2) is 9.78. The first kappa shape index (κ1) is 21.2. The van der Waals surface area contributed by atoms with Crippen molar-refractivity contribution >= 4 is 40.8 Å². The molecule has 8 heteroatoms. The summed E-state index contributed by atoms with van der Waals surface area (Å²) in [6, 6.07) is 10.9. The first-order valence-corrected chi connectivity index (χ1v) is 10.2. The summed E-state index contributed by atoms with van der Waals surface area (Å²) >= 11 is 13.7. The van der Waals surface area contributed by atoms with Crippen LogP contribution in [-0.4, -0.2) is 31.7 Å². The van der Waals surface area contributed by atoms with Gasteiger partial charge in [0.05, 0.1) is 37.7 Å². The van der Waals surface area contributed by atoms with E-state index < -0.39 is 0 Å². The van der Waals surface area contributed by atoms with Crippen LogP contribution in [0, 0.1) is 0 Å². The molecule has 0 aliphatic heterocycles. The summed E-state index contributed by atoms with van der Waals surface area (Å²) in [5, 5.41) is 7.70. The number of methoxy groups -OCH3 is 2. The van der Waals surface area contributed by atoms with E-state index in [9.17, 15) is 0 Å². The smallest absolute Gasteiger partial charge is 0.206 e. The molecular formula is C21H19Cl2N3O2S. The minimum atomic E-state index is 0.483. The van der Waals surface area contributed by atoms with Gasteiger partial charge in [0, 0.05) is 27.6 Å². The number of thiazole rings is 1. The summed E-state index contributed by atoms with van der Waals surface area (Å²) in [7, 11) is 3.24.